The summed E-state index contributed by atoms with van der Waals surface area (Å²) in [4.78, 5) is 44.6. The third-order valence-corrected chi connectivity index (χ3v) is 4.06. The van der Waals surface area contributed by atoms with Crippen molar-refractivity contribution in [2.24, 2.45) is 11.7 Å². The molecule has 8 nitrogen and oxygen atoms in total. The zero-order valence-electron chi connectivity index (χ0n) is 16.8. The van der Waals surface area contributed by atoms with Gasteiger partial charge in [0.05, 0.1) is 10.9 Å². The van der Waals surface area contributed by atoms with Gasteiger partial charge < -0.3 is 11.1 Å². The highest BCUT2D eigenvalue weighted by atomic mass is 16.2. The van der Waals surface area contributed by atoms with E-state index in [0.29, 0.717) is 12.2 Å². The lowest BCUT2D eigenvalue weighted by atomic mass is 10.0. The minimum atomic E-state index is -0.616. The van der Waals surface area contributed by atoms with Crippen LogP contribution in [0.1, 0.15) is 63.5 Å². The number of carbonyl (C=O) groups excluding carboxylic acids is 1. The van der Waals surface area contributed by atoms with Gasteiger partial charge in [-0.1, -0.05) is 27.7 Å². The van der Waals surface area contributed by atoms with Crippen LogP contribution in [-0.2, 0) is 6.54 Å². The number of pyridine rings is 1. The Kier molecular flexibility index (Phi) is 5.89. The van der Waals surface area contributed by atoms with Crippen LogP contribution in [0.5, 0.6) is 0 Å². The quantitative estimate of drug-likeness (QED) is 0.703. The Morgan fingerprint density at radius 2 is 1.93 bits per heavy atom. The summed E-state index contributed by atoms with van der Waals surface area (Å²) in [5.41, 5.74) is 5.29. The lowest BCUT2D eigenvalue weighted by molar-refractivity contribution is 0.0947. The summed E-state index contributed by atoms with van der Waals surface area (Å²) in [6.07, 6.45) is 0. The van der Waals surface area contributed by atoms with Crippen LogP contribution in [0.3, 0.4) is 0 Å². The summed E-state index contributed by atoms with van der Waals surface area (Å²) in [6.45, 7) is 12.0. The van der Waals surface area contributed by atoms with Gasteiger partial charge in [0.1, 0.15) is 0 Å². The molecule has 0 spiro atoms. The van der Waals surface area contributed by atoms with Crippen molar-refractivity contribution < 1.29 is 4.79 Å². The summed E-state index contributed by atoms with van der Waals surface area (Å²) >= 11 is 0. The lowest BCUT2D eigenvalue weighted by Crippen LogP contribution is -2.45. The largest absolute Gasteiger partial charge is 0.350 e. The molecule has 0 aromatic carbocycles. The lowest BCUT2D eigenvalue weighted by Gasteiger charge is -2.20. The first-order valence-electron chi connectivity index (χ1n) is 9.15. The number of H-pyrrole nitrogens is 1. The monoisotopic (exact) mass is 375 g/mol. The van der Waals surface area contributed by atoms with Gasteiger partial charge in [-0.15, -0.1) is 0 Å². The number of aromatic amines is 1. The van der Waals surface area contributed by atoms with E-state index in [4.69, 9.17) is 5.73 Å². The van der Waals surface area contributed by atoms with Crippen molar-refractivity contribution in [2.75, 3.05) is 6.54 Å². The number of aromatic nitrogens is 3. The molecule has 0 saturated heterocycles. The van der Waals surface area contributed by atoms with Gasteiger partial charge in [-0.25, -0.2) is 9.78 Å². The molecule has 2 aromatic heterocycles. The van der Waals surface area contributed by atoms with Crippen LogP contribution in [0.25, 0.3) is 11.0 Å². The molecule has 27 heavy (non-hydrogen) atoms. The molecule has 0 atom stereocenters. The van der Waals surface area contributed by atoms with Gasteiger partial charge in [-0.3, -0.25) is 19.1 Å². The SMILES string of the molecule is CC(C)Cn1c(=O)[nH]c(=O)c2c(C(=O)NCC(C)(C)N)cc(C(C)C)nc21. The van der Waals surface area contributed by atoms with E-state index in [1.165, 1.54) is 4.57 Å². The number of carbonyl (C=O) groups is 1. The summed E-state index contributed by atoms with van der Waals surface area (Å²) in [5.74, 6) is -0.228. The molecule has 0 fully saturated rings. The molecule has 148 valence electrons. The average Bonchev–Trinajstić information content (AvgIpc) is 2.54. The fraction of sp³-hybridized carbons (Fsp3) is 0.579. The Morgan fingerprint density at radius 1 is 1.30 bits per heavy atom. The van der Waals surface area contributed by atoms with Crippen LogP contribution < -0.4 is 22.3 Å². The van der Waals surface area contributed by atoms with Crippen molar-refractivity contribution in [1.82, 2.24) is 19.9 Å². The van der Waals surface area contributed by atoms with Gasteiger partial charge in [-0.05, 0) is 31.7 Å². The third kappa shape index (κ3) is 4.82. The molecule has 0 unspecified atom stereocenters. The molecule has 0 aliphatic heterocycles. The topological polar surface area (TPSA) is 123 Å². The van der Waals surface area contributed by atoms with Gasteiger partial charge >= 0.3 is 5.69 Å². The standard InChI is InChI=1S/C19H29N5O3/c1-10(2)8-24-15-14(17(26)23-18(24)27)12(7-13(22-15)11(3)4)16(25)21-9-19(5,6)20/h7,10-11H,8-9,20H2,1-6H3,(H,21,25)(H,23,26,27). The number of hydrogen-bond acceptors (Lipinski definition) is 5. The maximum Gasteiger partial charge on any atom is 0.330 e. The Morgan fingerprint density at radius 3 is 2.44 bits per heavy atom. The maximum atomic E-state index is 12.8. The van der Waals surface area contributed by atoms with Crippen LogP contribution in [0, 0.1) is 5.92 Å². The smallest absolute Gasteiger partial charge is 0.330 e. The second-order valence-corrected chi connectivity index (χ2v) is 8.38. The van der Waals surface area contributed by atoms with E-state index in [-0.39, 0.29) is 35.0 Å². The molecule has 8 heteroatoms. The van der Waals surface area contributed by atoms with Gasteiger partial charge in [0.2, 0.25) is 0 Å². The molecule has 0 aliphatic carbocycles. The number of fused-ring (bicyclic) bond motifs is 1. The first-order chi connectivity index (χ1) is 12.4. The molecule has 0 saturated carbocycles. The number of nitrogens with two attached hydrogens (primary N) is 1. The minimum absolute atomic E-state index is 0.0220. The first-order valence-corrected chi connectivity index (χ1v) is 9.15. The number of amides is 1. The molecule has 2 aromatic rings. The van der Waals surface area contributed by atoms with Gasteiger partial charge in [0, 0.05) is 24.3 Å². The Balaban J connectivity index is 2.77. The zero-order valence-corrected chi connectivity index (χ0v) is 16.8. The molecule has 0 bridgehead atoms. The number of rotatable bonds is 6. The van der Waals surface area contributed by atoms with Crippen LogP contribution in [0.2, 0.25) is 0 Å². The number of nitrogens with zero attached hydrogens (tertiary/aromatic N) is 2. The normalized spacial score (nSPS) is 12.2. The summed E-state index contributed by atoms with van der Waals surface area (Å²) in [7, 11) is 0. The molecule has 0 radical (unpaired) electrons. The van der Waals surface area contributed by atoms with Crippen LogP contribution in [-0.4, -0.2) is 32.5 Å². The van der Waals surface area contributed by atoms with E-state index in [2.05, 4.69) is 15.3 Å². The second kappa shape index (κ2) is 7.64. The Bertz CT molecular complexity index is 964. The second-order valence-electron chi connectivity index (χ2n) is 8.38. The van der Waals surface area contributed by atoms with Crippen molar-refractivity contribution in [3.05, 3.63) is 38.2 Å². The minimum Gasteiger partial charge on any atom is -0.350 e. The Hall–Kier alpha value is -2.48. The Labute approximate surface area is 158 Å². The molecule has 1 amide bonds. The van der Waals surface area contributed by atoms with Crippen molar-refractivity contribution in [3.8, 4) is 0 Å². The summed E-state index contributed by atoms with van der Waals surface area (Å²) in [6, 6.07) is 1.62. The zero-order chi connectivity index (χ0) is 20.5. The number of nitrogens with one attached hydrogen (secondary N) is 2. The molecular weight excluding hydrogens is 346 g/mol. The first kappa shape index (κ1) is 20.8. The third-order valence-electron chi connectivity index (χ3n) is 4.06. The highest BCUT2D eigenvalue weighted by molar-refractivity contribution is 6.05. The van der Waals surface area contributed by atoms with Crippen LogP contribution >= 0.6 is 0 Å². The van der Waals surface area contributed by atoms with E-state index >= 15 is 0 Å². The van der Waals surface area contributed by atoms with Crippen molar-refractivity contribution in [3.63, 3.8) is 0 Å². The highest BCUT2D eigenvalue weighted by Crippen LogP contribution is 2.20. The molecule has 4 N–H and O–H groups in total. The van der Waals surface area contributed by atoms with Crippen LogP contribution in [0.15, 0.2) is 15.7 Å². The summed E-state index contributed by atoms with van der Waals surface area (Å²) < 4.78 is 1.43. The van der Waals surface area contributed by atoms with Gasteiger partial charge in [0.25, 0.3) is 11.5 Å². The van der Waals surface area contributed by atoms with Gasteiger partial charge in [-0.2, -0.15) is 0 Å². The average molecular weight is 375 g/mol. The van der Waals surface area contributed by atoms with E-state index in [9.17, 15) is 14.4 Å². The predicted molar refractivity (Wildman–Crippen MR) is 106 cm³/mol. The van der Waals surface area contributed by atoms with Gasteiger partial charge in [0.15, 0.2) is 5.65 Å². The molecule has 2 rings (SSSR count). The molecule has 2 heterocycles. The van der Waals surface area contributed by atoms with Crippen molar-refractivity contribution >= 4 is 16.9 Å². The van der Waals surface area contributed by atoms with E-state index in [1.54, 1.807) is 19.9 Å². The fourth-order valence-corrected chi connectivity index (χ4v) is 2.71. The van der Waals surface area contributed by atoms with Crippen molar-refractivity contribution in [2.45, 2.75) is 59.5 Å². The fourth-order valence-electron chi connectivity index (χ4n) is 2.71. The van der Waals surface area contributed by atoms with E-state index in [1.807, 2.05) is 27.7 Å². The van der Waals surface area contributed by atoms with Crippen molar-refractivity contribution in [1.29, 1.82) is 0 Å². The maximum absolute atomic E-state index is 12.8. The van der Waals surface area contributed by atoms with E-state index in [0.717, 1.165) is 0 Å². The van der Waals surface area contributed by atoms with E-state index < -0.39 is 22.7 Å². The number of hydrogen-bond donors (Lipinski definition) is 3. The molecular formula is C19H29N5O3. The highest BCUT2D eigenvalue weighted by Gasteiger charge is 2.22. The summed E-state index contributed by atoms with van der Waals surface area (Å²) in [5, 5.41) is 2.88. The van der Waals surface area contributed by atoms with Crippen LogP contribution in [0.4, 0.5) is 0 Å². The predicted octanol–water partition coefficient (Wildman–Crippen LogP) is 1.33. The molecule has 0 aliphatic rings.